The summed E-state index contributed by atoms with van der Waals surface area (Å²) in [5, 5.41) is 0. The van der Waals surface area contributed by atoms with Gasteiger partial charge in [-0.1, -0.05) is 19.1 Å². The smallest absolute Gasteiger partial charge is 0.305 e. The van der Waals surface area contributed by atoms with Crippen LogP contribution in [0.15, 0.2) is 24.3 Å². The monoisotopic (exact) mass is 238 g/mol. The molecule has 1 atom stereocenters. The molecule has 0 fully saturated rings. The van der Waals surface area contributed by atoms with Gasteiger partial charge < -0.3 is 4.74 Å². The van der Waals surface area contributed by atoms with Gasteiger partial charge in [0.1, 0.15) is 5.82 Å². The molecule has 0 aliphatic carbocycles. The highest BCUT2D eigenvalue weighted by Gasteiger charge is 2.08. The number of methoxy groups -OCH3 is 1. The summed E-state index contributed by atoms with van der Waals surface area (Å²) in [6, 6.07) is 6.57. The van der Waals surface area contributed by atoms with E-state index in [0.29, 0.717) is 12.3 Å². The maximum atomic E-state index is 12.7. The van der Waals surface area contributed by atoms with Gasteiger partial charge in [0.15, 0.2) is 0 Å². The third kappa shape index (κ3) is 5.48. The Bertz CT molecular complexity index is 346. The molecule has 0 radical (unpaired) electrons. The molecule has 0 aliphatic heterocycles. The molecule has 1 aromatic rings. The highest BCUT2D eigenvalue weighted by molar-refractivity contribution is 5.69. The molecule has 0 heterocycles. The van der Waals surface area contributed by atoms with Crippen molar-refractivity contribution in [3.05, 3.63) is 35.6 Å². The van der Waals surface area contributed by atoms with Crippen LogP contribution in [0.3, 0.4) is 0 Å². The first kappa shape index (κ1) is 13.7. The van der Waals surface area contributed by atoms with E-state index in [9.17, 15) is 9.18 Å². The fourth-order valence-corrected chi connectivity index (χ4v) is 1.78. The second-order valence-electron chi connectivity index (χ2n) is 4.40. The summed E-state index contributed by atoms with van der Waals surface area (Å²) >= 11 is 0. The van der Waals surface area contributed by atoms with Gasteiger partial charge >= 0.3 is 5.97 Å². The van der Waals surface area contributed by atoms with E-state index in [0.717, 1.165) is 24.8 Å². The number of carbonyl (C=O) groups excluding carboxylic acids is 1. The van der Waals surface area contributed by atoms with Crippen molar-refractivity contribution in [1.29, 1.82) is 0 Å². The lowest BCUT2D eigenvalue weighted by molar-refractivity contribution is -0.141. The molecule has 3 heteroatoms. The Morgan fingerprint density at radius 2 is 2.00 bits per heavy atom. The summed E-state index contributed by atoms with van der Waals surface area (Å²) in [6.07, 6.45) is 3.38. The number of hydrogen-bond acceptors (Lipinski definition) is 2. The van der Waals surface area contributed by atoms with Crippen LogP contribution in [0.1, 0.15) is 31.7 Å². The first-order valence-corrected chi connectivity index (χ1v) is 5.93. The number of ether oxygens (including phenoxy) is 1. The zero-order valence-electron chi connectivity index (χ0n) is 10.4. The van der Waals surface area contributed by atoms with Crippen LogP contribution in [0, 0.1) is 11.7 Å². The van der Waals surface area contributed by atoms with E-state index < -0.39 is 0 Å². The number of rotatable bonds is 6. The number of esters is 1. The van der Waals surface area contributed by atoms with Gasteiger partial charge in [0.25, 0.3) is 0 Å². The molecule has 2 nitrogen and oxygen atoms in total. The van der Waals surface area contributed by atoms with Gasteiger partial charge in [-0.3, -0.25) is 4.79 Å². The fourth-order valence-electron chi connectivity index (χ4n) is 1.78. The molecule has 0 aliphatic rings. The van der Waals surface area contributed by atoms with E-state index in [-0.39, 0.29) is 11.8 Å². The van der Waals surface area contributed by atoms with E-state index in [1.807, 2.05) is 6.92 Å². The molecule has 1 aromatic carbocycles. The second-order valence-corrected chi connectivity index (χ2v) is 4.40. The van der Waals surface area contributed by atoms with Crippen molar-refractivity contribution in [1.82, 2.24) is 0 Å². The topological polar surface area (TPSA) is 26.3 Å². The summed E-state index contributed by atoms with van der Waals surface area (Å²) in [5.74, 6) is -0.0185. The van der Waals surface area contributed by atoms with Crippen molar-refractivity contribution in [2.24, 2.45) is 5.92 Å². The van der Waals surface area contributed by atoms with Crippen molar-refractivity contribution in [2.45, 2.75) is 32.6 Å². The molecule has 1 rings (SSSR count). The van der Waals surface area contributed by atoms with Crippen molar-refractivity contribution in [2.75, 3.05) is 7.11 Å². The minimum Gasteiger partial charge on any atom is -0.469 e. The first-order valence-electron chi connectivity index (χ1n) is 5.93. The fraction of sp³-hybridized carbons (Fsp3) is 0.500. The Hall–Kier alpha value is -1.38. The number of halogens is 1. The minimum absolute atomic E-state index is 0.153. The molecular formula is C14H19FO2. The summed E-state index contributed by atoms with van der Waals surface area (Å²) in [5.41, 5.74) is 1.14. The van der Waals surface area contributed by atoms with Crippen LogP contribution in [0.2, 0.25) is 0 Å². The summed E-state index contributed by atoms with van der Waals surface area (Å²) in [7, 11) is 1.41. The maximum absolute atomic E-state index is 12.7. The highest BCUT2D eigenvalue weighted by atomic mass is 19.1. The predicted octanol–water partition coefficient (Wildman–Crippen LogP) is 3.35. The third-order valence-corrected chi connectivity index (χ3v) is 2.82. The lowest BCUT2D eigenvalue weighted by Crippen LogP contribution is -2.07. The summed E-state index contributed by atoms with van der Waals surface area (Å²) in [4.78, 5) is 11.0. The quantitative estimate of drug-likeness (QED) is 0.710. The standard InChI is InChI=1S/C14H19FO2/c1-11(10-14(16)17-2)4-3-5-12-6-8-13(15)9-7-12/h6-9,11H,3-5,10H2,1-2H3. The Labute approximate surface area is 102 Å². The van der Waals surface area contributed by atoms with E-state index in [2.05, 4.69) is 4.74 Å². The second kappa shape index (κ2) is 7.05. The van der Waals surface area contributed by atoms with Crippen LogP contribution < -0.4 is 0 Å². The number of benzene rings is 1. The van der Waals surface area contributed by atoms with Gasteiger partial charge in [0, 0.05) is 6.42 Å². The SMILES string of the molecule is COC(=O)CC(C)CCCc1ccc(F)cc1. The Kier molecular flexibility index (Phi) is 5.67. The first-order chi connectivity index (χ1) is 8.11. The molecule has 0 saturated carbocycles. The van der Waals surface area contributed by atoms with Gasteiger partial charge in [0.2, 0.25) is 0 Å². The number of hydrogen-bond donors (Lipinski definition) is 0. The van der Waals surface area contributed by atoms with Crippen LogP contribution in [0.5, 0.6) is 0 Å². The maximum Gasteiger partial charge on any atom is 0.305 e. The van der Waals surface area contributed by atoms with E-state index >= 15 is 0 Å². The molecule has 0 amide bonds. The Morgan fingerprint density at radius 1 is 1.35 bits per heavy atom. The molecule has 1 unspecified atom stereocenters. The average molecular weight is 238 g/mol. The van der Waals surface area contributed by atoms with E-state index in [1.54, 1.807) is 12.1 Å². The lowest BCUT2D eigenvalue weighted by Gasteiger charge is -2.09. The molecule has 0 aromatic heterocycles. The van der Waals surface area contributed by atoms with Crippen molar-refractivity contribution in [3.8, 4) is 0 Å². The van der Waals surface area contributed by atoms with Crippen molar-refractivity contribution >= 4 is 5.97 Å². The molecule has 0 N–H and O–H groups in total. The third-order valence-electron chi connectivity index (χ3n) is 2.82. The van der Waals surface area contributed by atoms with Gasteiger partial charge in [-0.2, -0.15) is 0 Å². The average Bonchev–Trinajstić information content (AvgIpc) is 2.31. The Morgan fingerprint density at radius 3 is 2.59 bits per heavy atom. The molecule has 0 bridgehead atoms. The van der Waals surface area contributed by atoms with Gasteiger partial charge in [0.05, 0.1) is 7.11 Å². The minimum atomic E-state index is -0.201. The normalized spacial score (nSPS) is 12.2. The number of aryl methyl sites for hydroxylation is 1. The zero-order chi connectivity index (χ0) is 12.7. The van der Waals surface area contributed by atoms with Crippen LogP contribution in [0.4, 0.5) is 4.39 Å². The van der Waals surface area contributed by atoms with Crippen LogP contribution in [-0.4, -0.2) is 13.1 Å². The number of carbonyl (C=O) groups is 1. The van der Waals surface area contributed by atoms with Gasteiger partial charge in [-0.05, 0) is 42.9 Å². The van der Waals surface area contributed by atoms with Crippen LogP contribution >= 0.6 is 0 Å². The highest BCUT2D eigenvalue weighted by Crippen LogP contribution is 2.14. The van der Waals surface area contributed by atoms with Gasteiger partial charge in [-0.25, -0.2) is 4.39 Å². The van der Waals surface area contributed by atoms with Crippen LogP contribution in [-0.2, 0) is 16.0 Å². The van der Waals surface area contributed by atoms with Crippen molar-refractivity contribution in [3.63, 3.8) is 0 Å². The van der Waals surface area contributed by atoms with Gasteiger partial charge in [-0.15, -0.1) is 0 Å². The van der Waals surface area contributed by atoms with E-state index in [4.69, 9.17) is 0 Å². The largest absolute Gasteiger partial charge is 0.469 e. The molecule has 0 spiro atoms. The van der Waals surface area contributed by atoms with E-state index in [1.165, 1.54) is 19.2 Å². The zero-order valence-corrected chi connectivity index (χ0v) is 10.4. The molecular weight excluding hydrogens is 219 g/mol. The Balaban J connectivity index is 2.23. The lowest BCUT2D eigenvalue weighted by atomic mass is 9.98. The predicted molar refractivity (Wildman–Crippen MR) is 65.1 cm³/mol. The van der Waals surface area contributed by atoms with Crippen LogP contribution in [0.25, 0.3) is 0 Å². The molecule has 0 saturated heterocycles. The summed E-state index contributed by atoms with van der Waals surface area (Å²) in [6.45, 7) is 2.04. The molecule has 94 valence electrons. The molecule has 17 heavy (non-hydrogen) atoms. The summed E-state index contributed by atoms with van der Waals surface area (Å²) < 4.78 is 17.3. The van der Waals surface area contributed by atoms with Crippen molar-refractivity contribution < 1.29 is 13.9 Å².